The molecule has 2 aromatic rings. The molecule has 3 heteroatoms. The standard InChI is InChI=1S/C18H22N2O/c1-18(2)17(15-10-5-6-11-16(15)21-18)19-13-8-7-9-14(12-13)20(3)4/h5-12,17,19H,1-4H3. The van der Waals surface area contributed by atoms with Crippen LogP contribution in [0.3, 0.4) is 0 Å². The maximum Gasteiger partial charge on any atom is 0.128 e. The first-order chi connectivity index (χ1) is 9.97. The third-order valence-corrected chi connectivity index (χ3v) is 3.97. The topological polar surface area (TPSA) is 24.5 Å². The van der Waals surface area contributed by atoms with Crippen molar-refractivity contribution in [3.63, 3.8) is 0 Å². The first kappa shape index (κ1) is 13.8. The summed E-state index contributed by atoms with van der Waals surface area (Å²) in [4.78, 5) is 2.11. The van der Waals surface area contributed by atoms with E-state index < -0.39 is 0 Å². The Morgan fingerprint density at radius 2 is 1.81 bits per heavy atom. The van der Waals surface area contributed by atoms with Gasteiger partial charge in [-0.15, -0.1) is 0 Å². The van der Waals surface area contributed by atoms with Crippen molar-refractivity contribution in [2.75, 3.05) is 24.3 Å². The molecule has 2 aromatic carbocycles. The summed E-state index contributed by atoms with van der Waals surface area (Å²) in [6.45, 7) is 4.25. The van der Waals surface area contributed by atoms with Crippen molar-refractivity contribution in [1.29, 1.82) is 0 Å². The predicted octanol–water partition coefficient (Wildman–Crippen LogP) is 4.08. The van der Waals surface area contributed by atoms with Crippen LogP contribution in [-0.2, 0) is 0 Å². The molecule has 0 aromatic heterocycles. The van der Waals surface area contributed by atoms with Crippen LogP contribution in [0.2, 0.25) is 0 Å². The van der Waals surface area contributed by atoms with Gasteiger partial charge in [0.1, 0.15) is 11.4 Å². The molecule has 110 valence electrons. The molecule has 0 saturated heterocycles. The average Bonchev–Trinajstić information content (AvgIpc) is 2.70. The van der Waals surface area contributed by atoms with Gasteiger partial charge in [-0.1, -0.05) is 24.3 Å². The summed E-state index contributed by atoms with van der Waals surface area (Å²) in [5.41, 5.74) is 3.25. The number of rotatable bonds is 3. The number of fused-ring (bicyclic) bond motifs is 1. The van der Waals surface area contributed by atoms with Crippen LogP contribution in [0, 0.1) is 0 Å². The number of hydrogen-bond donors (Lipinski definition) is 1. The Bertz CT molecular complexity index is 649. The molecule has 0 radical (unpaired) electrons. The van der Waals surface area contributed by atoms with Crippen LogP contribution < -0.4 is 15.0 Å². The van der Waals surface area contributed by atoms with Gasteiger partial charge in [-0.2, -0.15) is 0 Å². The second kappa shape index (κ2) is 4.99. The summed E-state index contributed by atoms with van der Waals surface area (Å²) in [6.07, 6.45) is 0. The van der Waals surface area contributed by atoms with E-state index in [1.165, 1.54) is 11.3 Å². The van der Waals surface area contributed by atoms with Gasteiger partial charge < -0.3 is 15.0 Å². The minimum absolute atomic E-state index is 0.145. The third kappa shape index (κ3) is 2.56. The Kier molecular flexibility index (Phi) is 3.28. The Labute approximate surface area is 126 Å². The van der Waals surface area contributed by atoms with Gasteiger partial charge in [0.2, 0.25) is 0 Å². The Morgan fingerprint density at radius 1 is 1.05 bits per heavy atom. The fourth-order valence-corrected chi connectivity index (χ4v) is 2.82. The van der Waals surface area contributed by atoms with Crippen molar-refractivity contribution in [1.82, 2.24) is 0 Å². The van der Waals surface area contributed by atoms with E-state index in [1.807, 2.05) is 12.1 Å². The van der Waals surface area contributed by atoms with E-state index in [9.17, 15) is 0 Å². The summed E-state index contributed by atoms with van der Waals surface area (Å²) in [5, 5.41) is 3.63. The van der Waals surface area contributed by atoms with Gasteiger partial charge in [0.25, 0.3) is 0 Å². The van der Waals surface area contributed by atoms with Crippen molar-refractivity contribution in [3.8, 4) is 5.75 Å². The Hall–Kier alpha value is -2.16. The number of ether oxygens (including phenoxy) is 1. The number of anilines is 2. The van der Waals surface area contributed by atoms with Crippen LogP contribution >= 0.6 is 0 Å². The fraction of sp³-hybridized carbons (Fsp3) is 0.333. The van der Waals surface area contributed by atoms with E-state index in [4.69, 9.17) is 4.74 Å². The van der Waals surface area contributed by atoms with Gasteiger partial charge in [-0.25, -0.2) is 0 Å². The van der Waals surface area contributed by atoms with Gasteiger partial charge in [-0.05, 0) is 38.1 Å². The summed E-state index contributed by atoms with van der Waals surface area (Å²) >= 11 is 0. The van der Waals surface area contributed by atoms with Crippen molar-refractivity contribution >= 4 is 11.4 Å². The summed E-state index contributed by atoms with van der Waals surface area (Å²) in [6, 6.07) is 16.8. The second-order valence-electron chi connectivity index (χ2n) is 6.27. The van der Waals surface area contributed by atoms with Crippen LogP contribution in [0.4, 0.5) is 11.4 Å². The van der Waals surface area contributed by atoms with E-state index >= 15 is 0 Å². The van der Waals surface area contributed by atoms with Crippen molar-refractivity contribution in [2.45, 2.75) is 25.5 Å². The zero-order chi connectivity index (χ0) is 15.0. The molecule has 1 aliphatic rings. The predicted molar refractivity (Wildman–Crippen MR) is 88.3 cm³/mol. The lowest BCUT2D eigenvalue weighted by Crippen LogP contribution is -2.34. The third-order valence-electron chi connectivity index (χ3n) is 3.97. The van der Waals surface area contributed by atoms with E-state index in [-0.39, 0.29) is 11.6 Å². The Morgan fingerprint density at radius 3 is 2.57 bits per heavy atom. The molecule has 0 spiro atoms. The number of nitrogens with zero attached hydrogens (tertiary/aromatic N) is 1. The molecule has 1 aliphatic heterocycles. The number of para-hydroxylation sites is 1. The molecule has 21 heavy (non-hydrogen) atoms. The van der Waals surface area contributed by atoms with Crippen LogP contribution in [0.25, 0.3) is 0 Å². The highest BCUT2D eigenvalue weighted by molar-refractivity contribution is 5.59. The molecule has 0 saturated carbocycles. The lowest BCUT2D eigenvalue weighted by molar-refractivity contribution is 0.118. The van der Waals surface area contributed by atoms with Gasteiger partial charge in [0.05, 0.1) is 6.04 Å². The minimum atomic E-state index is -0.266. The first-order valence-electron chi connectivity index (χ1n) is 7.29. The van der Waals surface area contributed by atoms with Crippen molar-refractivity contribution in [2.24, 2.45) is 0 Å². The normalized spacial score (nSPS) is 18.8. The summed E-state index contributed by atoms with van der Waals surface area (Å²) in [5.74, 6) is 0.976. The first-order valence-corrected chi connectivity index (χ1v) is 7.29. The second-order valence-corrected chi connectivity index (χ2v) is 6.27. The highest BCUT2D eigenvalue weighted by Gasteiger charge is 2.40. The molecule has 0 aliphatic carbocycles. The number of hydrogen-bond acceptors (Lipinski definition) is 3. The monoisotopic (exact) mass is 282 g/mol. The van der Waals surface area contributed by atoms with Crippen LogP contribution in [0.5, 0.6) is 5.75 Å². The van der Waals surface area contributed by atoms with E-state index in [0.717, 1.165) is 11.4 Å². The highest BCUT2D eigenvalue weighted by Crippen LogP contribution is 2.44. The van der Waals surface area contributed by atoms with Gasteiger partial charge in [-0.3, -0.25) is 0 Å². The van der Waals surface area contributed by atoms with E-state index in [1.54, 1.807) is 0 Å². The molecular formula is C18H22N2O. The molecule has 3 nitrogen and oxygen atoms in total. The molecule has 0 amide bonds. The molecule has 1 unspecified atom stereocenters. The quantitative estimate of drug-likeness (QED) is 0.918. The fourth-order valence-electron chi connectivity index (χ4n) is 2.82. The average molecular weight is 282 g/mol. The molecule has 1 N–H and O–H groups in total. The van der Waals surface area contributed by atoms with Crippen molar-refractivity contribution < 1.29 is 4.74 Å². The van der Waals surface area contributed by atoms with Gasteiger partial charge in [0.15, 0.2) is 0 Å². The zero-order valence-electron chi connectivity index (χ0n) is 13.1. The van der Waals surface area contributed by atoms with E-state index in [0.29, 0.717) is 0 Å². The molecule has 0 fully saturated rings. The lowest BCUT2D eigenvalue weighted by Gasteiger charge is -2.28. The molecular weight excluding hydrogens is 260 g/mol. The number of nitrogens with one attached hydrogen (secondary N) is 1. The molecule has 0 bridgehead atoms. The van der Waals surface area contributed by atoms with Gasteiger partial charge in [0, 0.05) is 31.0 Å². The van der Waals surface area contributed by atoms with Crippen LogP contribution in [0.1, 0.15) is 25.5 Å². The number of benzene rings is 2. The highest BCUT2D eigenvalue weighted by atomic mass is 16.5. The minimum Gasteiger partial charge on any atom is -0.485 e. The summed E-state index contributed by atoms with van der Waals surface area (Å²) in [7, 11) is 4.11. The molecule has 1 heterocycles. The zero-order valence-corrected chi connectivity index (χ0v) is 13.1. The van der Waals surface area contributed by atoms with E-state index in [2.05, 4.69) is 74.6 Å². The lowest BCUT2D eigenvalue weighted by atomic mass is 9.94. The van der Waals surface area contributed by atoms with Crippen LogP contribution in [-0.4, -0.2) is 19.7 Å². The van der Waals surface area contributed by atoms with Crippen LogP contribution in [0.15, 0.2) is 48.5 Å². The van der Waals surface area contributed by atoms with Gasteiger partial charge >= 0.3 is 0 Å². The Balaban J connectivity index is 1.92. The maximum absolute atomic E-state index is 6.08. The molecule has 1 atom stereocenters. The molecule has 3 rings (SSSR count). The smallest absolute Gasteiger partial charge is 0.128 e. The summed E-state index contributed by atoms with van der Waals surface area (Å²) < 4.78 is 6.08. The van der Waals surface area contributed by atoms with Crippen molar-refractivity contribution in [3.05, 3.63) is 54.1 Å². The maximum atomic E-state index is 6.08. The SMILES string of the molecule is CN(C)c1cccc(NC2c3ccccc3OC2(C)C)c1. The largest absolute Gasteiger partial charge is 0.485 e.